The molecule has 0 bridgehead atoms. The molecule has 1 atom stereocenters. The van der Waals surface area contributed by atoms with Gasteiger partial charge in [-0.15, -0.1) is 0 Å². The van der Waals surface area contributed by atoms with E-state index in [2.05, 4.69) is 9.80 Å². The molecule has 2 saturated heterocycles. The van der Waals surface area contributed by atoms with Gasteiger partial charge in [-0.05, 0) is 63.2 Å². The Kier molecular flexibility index (Phi) is 5.07. The number of fused-ring (bicyclic) bond motifs is 1. The minimum atomic E-state index is -3.22. The summed E-state index contributed by atoms with van der Waals surface area (Å²) in [5, 5.41) is 0.563. The lowest BCUT2D eigenvalue weighted by Crippen LogP contribution is -2.38. The largest absolute Gasteiger partial charge is 0.301 e. The van der Waals surface area contributed by atoms with Crippen molar-refractivity contribution in [3.63, 3.8) is 0 Å². The fourth-order valence-electron chi connectivity index (χ4n) is 3.50. The number of hydrogen-bond donors (Lipinski definition) is 0. The number of rotatable bonds is 4. The first-order valence-corrected chi connectivity index (χ1v) is 10.0. The second kappa shape index (κ2) is 6.87. The van der Waals surface area contributed by atoms with Gasteiger partial charge in [0.15, 0.2) is 9.84 Å². The highest BCUT2D eigenvalue weighted by Crippen LogP contribution is 2.22. The number of halogens is 1. The molecule has 3 rings (SSSR count). The molecule has 0 saturated carbocycles. The standard InChI is InChI=1S/C16H23ClN2O2S/c17-14-4-6-16(7-5-14)22(20,21)12-11-18-8-2-10-19-9-1-3-15(19)13-18/h4-7,15H,1-3,8-13H2/t15-/m0/s1. The van der Waals surface area contributed by atoms with E-state index in [1.54, 1.807) is 24.3 Å². The molecule has 6 heteroatoms. The normalized spacial score (nSPS) is 24.1. The summed E-state index contributed by atoms with van der Waals surface area (Å²) in [6, 6.07) is 7.09. The van der Waals surface area contributed by atoms with Gasteiger partial charge in [-0.3, -0.25) is 4.90 Å². The maximum Gasteiger partial charge on any atom is 0.179 e. The molecule has 0 aromatic heterocycles. The zero-order chi connectivity index (χ0) is 15.6. The van der Waals surface area contributed by atoms with Gasteiger partial charge < -0.3 is 4.90 Å². The van der Waals surface area contributed by atoms with E-state index in [-0.39, 0.29) is 5.75 Å². The monoisotopic (exact) mass is 342 g/mol. The second-order valence-electron chi connectivity index (χ2n) is 6.26. The first-order chi connectivity index (χ1) is 10.5. The first kappa shape index (κ1) is 16.2. The molecule has 1 aromatic rings. The van der Waals surface area contributed by atoms with Gasteiger partial charge in [-0.1, -0.05) is 11.6 Å². The fourth-order valence-corrected chi connectivity index (χ4v) is 4.91. The van der Waals surface area contributed by atoms with Crippen LogP contribution in [0.4, 0.5) is 0 Å². The van der Waals surface area contributed by atoms with Crippen molar-refractivity contribution in [2.24, 2.45) is 0 Å². The van der Waals surface area contributed by atoms with E-state index in [9.17, 15) is 8.42 Å². The van der Waals surface area contributed by atoms with Crippen molar-refractivity contribution in [3.05, 3.63) is 29.3 Å². The molecule has 0 spiro atoms. The van der Waals surface area contributed by atoms with E-state index in [0.717, 1.165) is 26.1 Å². The Balaban J connectivity index is 1.60. The highest BCUT2D eigenvalue weighted by molar-refractivity contribution is 7.91. The van der Waals surface area contributed by atoms with Gasteiger partial charge in [0, 0.05) is 24.2 Å². The van der Waals surface area contributed by atoms with Crippen LogP contribution >= 0.6 is 11.6 Å². The second-order valence-corrected chi connectivity index (χ2v) is 8.80. The third-order valence-corrected chi connectivity index (χ3v) is 6.70. The van der Waals surface area contributed by atoms with Gasteiger partial charge in [0.05, 0.1) is 10.6 Å². The molecule has 0 N–H and O–H groups in total. The highest BCUT2D eigenvalue weighted by atomic mass is 35.5. The summed E-state index contributed by atoms with van der Waals surface area (Å²) in [5.41, 5.74) is 0. The van der Waals surface area contributed by atoms with Crippen LogP contribution in [0.25, 0.3) is 0 Å². The van der Waals surface area contributed by atoms with Crippen molar-refractivity contribution in [1.82, 2.24) is 9.80 Å². The van der Waals surface area contributed by atoms with Crippen molar-refractivity contribution in [3.8, 4) is 0 Å². The molecule has 0 radical (unpaired) electrons. The average Bonchev–Trinajstić information content (AvgIpc) is 2.83. The molecule has 2 aliphatic rings. The van der Waals surface area contributed by atoms with Crippen LogP contribution in [0.3, 0.4) is 0 Å². The van der Waals surface area contributed by atoms with E-state index in [1.807, 2.05) is 0 Å². The minimum Gasteiger partial charge on any atom is -0.301 e. The molecule has 122 valence electrons. The van der Waals surface area contributed by atoms with Gasteiger partial charge in [-0.2, -0.15) is 0 Å². The van der Waals surface area contributed by atoms with Gasteiger partial charge >= 0.3 is 0 Å². The Morgan fingerprint density at radius 3 is 2.59 bits per heavy atom. The average molecular weight is 343 g/mol. The van der Waals surface area contributed by atoms with Crippen LogP contribution in [0.2, 0.25) is 5.02 Å². The van der Waals surface area contributed by atoms with Crippen LogP contribution in [0, 0.1) is 0 Å². The van der Waals surface area contributed by atoms with E-state index in [4.69, 9.17) is 11.6 Å². The summed E-state index contributed by atoms with van der Waals surface area (Å²) < 4.78 is 24.8. The molecule has 2 fully saturated rings. The molecule has 1 aromatic carbocycles. The Labute approximate surface area is 138 Å². The zero-order valence-electron chi connectivity index (χ0n) is 12.7. The molecule has 2 aliphatic heterocycles. The number of benzene rings is 1. The Bertz CT molecular complexity index is 603. The van der Waals surface area contributed by atoms with E-state index in [1.165, 1.54) is 19.4 Å². The third kappa shape index (κ3) is 3.82. The van der Waals surface area contributed by atoms with Crippen LogP contribution in [-0.4, -0.2) is 62.7 Å². The summed E-state index contributed by atoms with van der Waals surface area (Å²) in [6.07, 6.45) is 3.67. The molecule has 4 nitrogen and oxygen atoms in total. The van der Waals surface area contributed by atoms with Crippen LogP contribution in [0.1, 0.15) is 19.3 Å². The van der Waals surface area contributed by atoms with Crippen molar-refractivity contribution >= 4 is 21.4 Å². The first-order valence-electron chi connectivity index (χ1n) is 7.99. The lowest BCUT2D eigenvalue weighted by molar-refractivity contribution is 0.226. The molecule has 2 heterocycles. The van der Waals surface area contributed by atoms with Crippen LogP contribution in [0.15, 0.2) is 29.2 Å². The van der Waals surface area contributed by atoms with Crippen LogP contribution < -0.4 is 0 Å². The van der Waals surface area contributed by atoms with Crippen molar-refractivity contribution in [1.29, 1.82) is 0 Å². The van der Waals surface area contributed by atoms with E-state index < -0.39 is 9.84 Å². The fraction of sp³-hybridized carbons (Fsp3) is 0.625. The minimum absolute atomic E-state index is 0.182. The number of sulfone groups is 1. The summed E-state index contributed by atoms with van der Waals surface area (Å²) in [4.78, 5) is 5.26. The topological polar surface area (TPSA) is 40.6 Å². The van der Waals surface area contributed by atoms with Crippen molar-refractivity contribution in [2.45, 2.75) is 30.2 Å². The molecule has 22 heavy (non-hydrogen) atoms. The predicted molar refractivity (Wildman–Crippen MR) is 89.2 cm³/mol. The molecular formula is C16H23ClN2O2S. The van der Waals surface area contributed by atoms with E-state index >= 15 is 0 Å². The lowest BCUT2D eigenvalue weighted by atomic mass is 10.2. The highest BCUT2D eigenvalue weighted by Gasteiger charge is 2.29. The van der Waals surface area contributed by atoms with Crippen LogP contribution in [-0.2, 0) is 9.84 Å². The van der Waals surface area contributed by atoms with Crippen molar-refractivity contribution in [2.75, 3.05) is 38.5 Å². The van der Waals surface area contributed by atoms with Gasteiger partial charge in [0.25, 0.3) is 0 Å². The Morgan fingerprint density at radius 2 is 1.82 bits per heavy atom. The molecule has 0 unspecified atom stereocenters. The quantitative estimate of drug-likeness (QED) is 0.841. The van der Waals surface area contributed by atoms with Crippen LogP contribution in [0.5, 0.6) is 0 Å². The zero-order valence-corrected chi connectivity index (χ0v) is 14.3. The molecule has 0 amide bonds. The predicted octanol–water partition coefficient (Wildman–Crippen LogP) is 2.28. The molecular weight excluding hydrogens is 320 g/mol. The van der Waals surface area contributed by atoms with Crippen molar-refractivity contribution < 1.29 is 8.42 Å². The smallest absolute Gasteiger partial charge is 0.179 e. The summed E-state index contributed by atoms with van der Waals surface area (Å²) >= 11 is 5.82. The maximum absolute atomic E-state index is 12.4. The van der Waals surface area contributed by atoms with Gasteiger partial charge in [0.1, 0.15) is 0 Å². The summed E-state index contributed by atoms with van der Waals surface area (Å²) in [7, 11) is -3.22. The number of hydrogen-bond acceptors (Lipinski definition) is 4. The SMILES string of the molecule is O=S(=O)(CCN1CCCN2CCC[C@H]2C1)c1ccc(Cl)cc1. The Morgan fingerprint density at radius 1 is 1.09 bits per heavy atom. The lowest BCUT2D eigenvalue weighted by Gasteiger charge is -2.25. The maximum atomic E-state index is 12.4. The molecule has 0 aliphatic carbocycles. The summed E-state index contributed by atoms with van der Waals surface area (Å²) in [6.45, 7) is 5.00. The van der Waals surface area contributed by atoms with E-state index in [0.29, 0.717) is 22.5 Å². The van der Waals surface area contributed by atoms with Gasteiger partial charge in [-0.25, -0.2) is 8.42 Å². The number of nitrogens with zero attached hydrogens (tertiary/aromatic N) is 2. The summed E-state index contributed by atoms with van der Waals surface area (Å²) in [5.74, 6) is 0.182. The van der Waals surface area contributed by atoms with Gasteiger partial charge in [0.2, 0.25) is 0 Å². The Hall–Kier alpha value is -0.620. The third-order valence-electron chi connectivity index (χ3n) is 4.74.